The molecule has 1 heterocycles. The first-order valence-electron chi connectivity index (χ1n) is 7.58. The van der Waals surface area contributed by atoms with E-state index in [9.17, 15) is 4.79 Å². The molecule has 1 aromatic heterocycles. The van der Waals surface area contributed by atoms with Gasteiger partial charge in [-0.25, -0.2) is 4.79 Å². The third-order valence-corrected chi connectivity index (χ3v) is 3.75. The zero-order valence-corrected chi connectivity index (χ0v) is 13.0. The molecule has 120 valence electrons. The predicted octanol–water partition coefficient (Wildman–Crippen LogP) is 2.58. The Balaban J connectivity index is 1.94. The van der Waals surface area contributed by atoms with E-state index in [4.69, 9.17) is 14.3 Å². The van der Waals surface area contributed by atoms with Crippen molar-refractivity contribution in [1.29, 1.82) is 0 Å². The molecular formula is C18H19NO4. The van der Waals surface area contributed by atoms with E-state index >= 15 is 0 Å². The fourth-order valence-electron chi connectivity index (χ4n) is 2.52. The lowest BCUT2D eigenvalue weighted by atomic mass is 10.0. The number of ether oxygens (including phenoxy) is 1. The molecule has 0 fully saturated rings. The van der Waals surface area contributed by atoms with Gasteiger partial charge >= 0.3 is 5.76 Å². The second-order valence-electron chi connectivity index (χ2n) is 5.40. The SMILES string of the molecule is Cc1ccc(-c2ccc3oc(=O)n(CCOCCO)c3c2)cc1. The van der Waals surface area contributed by atoms with Crippen LogP contribution in [0.25, 0.3) is 22.2 Å². The summed E-state index contributed by atoms with van der Waals surface area (Å²) in [5.74, 6) is -0.395. The predicted molar refractivity (Wildman–Crippen MR) is 88.6 cm³/mol. The maximum Gasteiger partial charge on any atom is 0.420 e. The van der Waals surface area contributed by atoms with Gasteiger partial charge in [0.1, 0.15) is 0 Å². The van der Waals surface area contributed by atoms with E-state index < -0.39 is 5.76 Å². The molecule has 0 spiro atoms. The fourth-order valence-corrected chi connectivity index (χ4v) is 2.52. The van der Waals surface area contributed by atoms with Crippen LogP contribution < -0.4 is 5.76 Å². The highest BCUT2D eigenvalue weighted by Gasteiger charge is 2.10. The number of aliphatic hydroxyl groups excluding tert-OH is 1. The van der Waals surface area contributed by atoms with Crippen molar-refractivity contribution in [3.05, 3.63) is 58.6 Å². The van der Waals surface area contributed by atoms with E-state index in [2.05, 4.69) is 24.3 Å². The number of hydrogen-bond acceptors (Lipinski definition) is 4. The smallest absolute Gasteiger partial charge is 0.408 e. The number of nitrogens with zero attached hydrogens (tertiary/aromatic N) is 1. The van der Waals surface area contributed by atoms with Gasteiger partial charge in [-0.3, -0.25) is 4.57 Å². The first-order valence-corrected chi connectivity index (χ1v) is 7.58. The van der Waals surface area contributed by atoms with Crippen molar-refractivity contribution in [2.24, 2.45) is 0 Å². The van der Waals surface area contributed by atoms with Gasteiger partial charge in [0, 0.05) is 0 Å². The summed E-state index contributed by atoms with van der Waals surface area (Å²) in [5.41, 5.74) is 4.64. The van der Waals surface area contributed by atoms with E-state index in [1.54, 1.807) is 4.57 Å². The number of fused-ring (bicyclic) bond motifs is 1. The van der Waals surface area contributed by atoms with Gasteiger partial charge in [-0.2, -0.15) is 0 Å². The van der Waals surface area contributed by atoms with Crippen LogP contribution in [0.4, 0.5) is 0 Å². The quantitative estimate of drug-likeness (QED) is 0.710. The Kier molecular flexibility index (Phi) is 4.60. The summed E-state index contributed by atoms with van der Waals surface area (Å²) in [4.78, 5) is 12.0. The van der Waals surface area contributed by atoms with E-state index in [0.717, 1.165) is 16.6 Å². The monoisotopic (exact) mass is 313 g/mol. The lowest BCUT2D eigenvalue weighted by molar-refractivity contribution is 0.0866. The zero-order chi connectivity index (χ0) is 16.2. The number of aryl methyl sites for hydroxylation is 1. The summed E-state index contributed by atoms with van der Waals surface area (Å²) in [6, 6.07) is 14.0. The Bertz CT molecular complexity index is 846. The molecule has 0 unspecified atom stereocenters. The highest BCUT2D eigenvalue weighted by molar-refractivity contribution is 5.80. The van der Waals surface area contributed by atoms with E-state index in [0.29, 0.717) is 18.7 Å². The molecule has 3 aromatic rings. The van der Waals surface area contributed by atoms with E-state index in [1.165, 1.54) is 5.56 Å². The second-order valence-corrected chi connectivity index (χ2v) is 5.40. The minimum Gasteiger partial charge on any atom is -0.408 e. The fraction of sp³-hybridized carbons (Fsp3) is 0.278. The van der Waals surface area contributed by atoms with Crippen LogP contribution in [0.3, 0.4) is 0 Å². The van der Waals surface area contributed by atoms with Crippen molar-refractivity contribution in [1.82, 2.24) is 4.57 Å². The maximum atomic E-state index is 12.0. The number of aromatic nitrogens is 1. The number of aliphatic hydroxyl groups is 1. The van der Waals surface area contributed by atoms with Crippen LogP contribution in [-0.2, 0) is 11.3 Å². The van der Waals surface area contributed by atoms with E-state index in [1.807, 2.05) is 25.1 Å². The minimum atomic E-state index is -0.395. The lowest BCUT2D eigenvalue weighted by Gasteiger charge is -2.05. The molecular weight excluding hydrogens is 294 g/mol. The van der Waals surface area contributed by atoms with Gasteiger partial charge in [0.05, 0.1) is 31.9 Å². The maximum absolute atomic E-state index is 12.0. The molecule has 0 radical (unpaired) electrons. The Morgan fingerprint density at radius 1 is 1.09 bits per heavy atom. The lowest BCUT2D eigenvalue weighted by Crippen LogP contribution is -2.18. The van der Waals surface area contributed by atoms with Crippen LogP contribution in [-0.4, -0.2) is 29.5 Å². The summed E-state index contributed by atoms with van der Waals surface area (Å²) in [7, 11) is 0. The molecule has 0 aliphatic carbocycles. The molecule has 0 bridgehead atoms. The van der Waals surface area contributed by atoms with Gasteiger partial charge < -0.3 is 14.3 Å². The number of benzene rings is 2. The number of rotatable bonds is 6. The summed E-state index contributed by atoms with van der Waals surface area (Å²) in [6.07, 6.45) is 0. The third-order valence-electron chi connectivity index (χ3n) is 3.75. The van der Waals surface area contributed by atoms with Crippen molar-refractivity contribution in [3.63, 3.8) is 0 Å². The largest absolute Gasteiger partial charge is 0.420 e. The van der Waals surface area contributed by atoms with Crippen molar-refractivity contribution in [2.45, 2.75) is 13.5 Å². The van der Waals surface area contributed by atoms with Crippen LogP contribution in [0.5, 0.6) is 0 Å². The first kappa shape index (κ1) is 15.5. The summed E-state index contributed by atoms with van der Waals surface area (Å²) >= 11 is 0. The zero-order valence-electron chi connectivity index (χ0n) is 13.0. The topological polar surface area (TPSA) is 64.6 Å². The van der Waals surface area contributed by atoms with Gasteiger partial charge in [0.2, 0.25) is 0 Å². The standard InChI is InChI=1S/C18H19NO4/c1-13-2-4-14(5-3-13)15-6-7-17-16(12-15)19(18(21)23-17)8-10-22-11-9-20/h2-7,12,20H,8-11H2,1H3. The molecule has 5 heteroatoms. The molecule has 5 nitrogen and oxygen atoms in total. The highest BCUT2D eigenvalue weighted by Crippen LogP contribution is 2.24. The summed E-state index contributed by atoms with van der Waals surface area (Å²) < 4.78 is 12.1. The normalized spacial score (nSPS) is 11.2. The molecule has 0 aliphatic rings. The first-order chi connectivity index (χ1) is 11.2. The summed E-state index contributed by atoms with van der Waals surface area (Å²) in [5, 5.41) is 8.72. The molecule has 0 aliphatic heterocycles. The molecule has 1 N–H and O–H groups in total. The van der Waals surface area contributed by atoms with Crippen molar-refractivity contribution < 1.29 is 14.3 Å². The van der Waals surface area contributed by atoms with Crippen LogP contribution in [0, 0.1) is 6.92 Å². The average molecular weight is 313 g/mol. The number of hydrogen-bond donors (Lipinski definition) is 1. The van der Waals surface area contributed by atoms with Crippen molar-refractivity contribution in [2.75, 3.05) is 19.8 Å². The minimum absolute atomic E-state index is 0.0292. The van der Waals surface area contributed by atoms with E-state index in [-0.39, 0.29) is 13.2 Å². The summed E-state index contributed by atoms with van der Waals surface area (Å²) in [6.45, 7) is 3.03. The van der Waals surface area contributed by atoms with Gasteiger partial charge in [0.25, 0.3) is 0 Å². The highest BCUT2D eigenvalue weighted by atomic mass is 16.5. The molecule has 3 rings (SSSR count). The molecule has 0 atom stereocenters. The molecule has 2 aromatic carbocycles. The van der Waals surface area contributed by atoms with Gasteiger partial charge in [-0.1, -0.05) is 35.9 Å². The Morgan fingerprint density at radius 2 is 1.83 bits per heavy atom. The van der Waals surface area contributed by atoms with Crippen LogP contribution in [0.2, 0.25) is 0 Å². The van der Waals surface area contributed by atoms with Gasteiger partial charge in [-0.15, -0.1) is 0 Å². The Labute approximate surface area is 133 Å². The second kappa shape index (κ2) is 6.81. The average Bonchev–Trinajstić information content (AvgIpc) is 2.87. The molecule has 23 heavy (non-hydrogen) atoms. The van der Waals surface area contributed by atoms with Crippen molar-refractivity contribution in [3.8, 4) is 11.1 Å². The Morgan fingerprint density at radius 3 is 2.57 bits per heavy atom. The van der Waals surface area contributed by atoms with Crippen LogP contribution in [0.15, 0.2) is 51.7 Å². The molecule has 0 saturated heterocycles. The van der Waals surface area contributed by atoms with Crippen molar-refractivity contribution >= 4 is 11.1 Å². The molecule has 0 saturated carbocycles. The van der Waals surface area contributed by atoms with Crippen LogP contribution >= 0.6 is 0 Å². The Hall–Kier alpha value is -2.37. The van der Waals surface area contributed by atoms with Gasteiger partial charge in [0.15, 0.2) is 5.58 Å². The van der Waals surface area contributed by atoms with Crippen LogP contribution in [0.1, 0.15) is 5.56 Å². The number of oxazole rings is 1. The molecule has 0 amide bonds. The third kappa shape index (κ3) is 3.36. The van der Waals surface area contributed by atoms with Gasteiger partial charge in [-0.05, 0) is 30.2 Å².